The number of carboxylic acids is 1. The van der Waals surface area contributed by atoms with Crippen molar-refractivity contribution >= 4 is 38.7 Å². The van der Waals surface area contributed by atoms with Crippen molar-refractivity contribution in [3.63, 3.8) is 0 Å². The maximum absolute atomic E-state index is 12.8. The van der Waals surface area contributed by atoms with E-state index in [1.165, 1.54) is 10.4 Å². The molecule has 0 aliphatic carbocycles. The van der Waals surface area contributed by atoms with Crippen LogP contribution in [-0.4, -0.2) is 36.4 Å². The van der Waals surface area contributed by atoms with Crippen LogP contribution in [0, 0.1) is 5.92 Å². The normalized spacial score (nSPS) is 24.8. The molecular formula is C12H13N3O4S2. The second-order valence-corrected chi connectivity index (χ2v) is 7.37. The van der Waals surface area contributed by atoms with Gasteiger partial charge in [-0.3, -0.25) is 4.79 Å². The van der Waals surface area contributed by atoms with Gasteiger partial charge in [-0.15, -0.1) is 0 Å². The smallest absolute Gasteiger partial charge is 0.308 e. The summed E-state index contributed by atoms with van der Waals surface area (Å²) in [6, 6.07) is 4.23. The highest BCUT2D eigenvalue weighted by Crippen LogP contribution is 2.40. The Balaban J connectivity index is 2.02. The molecule has 2 aliphatic rings. The molecule has 9 heteroatoms. The van der Waals surface area contributed by atoms with Crippen LogP contribution < -0.4 is 0 Å². The molecule has 0 bridgehead atoms. The lowest BCUT2D eigenvalue weighted by Crippen LogP contribution is -2.37. The zero-order valence-corrected chi connectivity index (χ0v) is 12.8. The highest BCUT2D eigenvalue weighted by atomic mass is 32.2. The fourth-order valence-corrected chi connectivity index (χ4v) is 5.13. The predicted molar refractivity (Wildman–Crippen MR) is 77.1 cm³/mol. The first-order chi connectivity index (χ1) is 9.93. The van der Waals surface area contributed by atoms with Gasteiger partial charge in [0, 0.05) is 12.6 Å². The van der Waals surface area contributed by atoms with Gasteiger partial charge in [-0.25, -0.2) is 8.42 Å². The first-order valence-corrected chi connectivity index (χ1v) is 8.56. The maximum atomic E-state index is 12.8. The van der Waals surface area contributed by atoms with E-state index < -0.39 is 28.0 Å². The molecule has 3 rings (SSSR count). The molecule has 1 fully saturated rings. The molecule has 0 amide bonds. The lowest BCUT2D eigenvalue weighted by atomic mass is 10.0. The van der Waals surface area contributed by atoms with Gasteiger partial charge < -0.3 is 5.11 Å². The van der Waals surface area contributed by atoms with Gasteiger partial charge in [-0.2, -0.15) is 13.0 Å². The van der Waals surface area contributed by atoms with Gasteiger partial charge in [0.25, 0.3) is 0 Å². The number of aliphatic carboxylic acids is 1. The molecule has 1 aromatic rings. The van der Waals surface area contributed by atoms with Gasteiger partial charge in [0.1, 0.15) is 16.3 Å². The van der Waals surface area contributed by atoms with Crippen molar-refractivity contribution in [3.05, 3.63) is 18.2 Å². The van der Waals surface area contributed by atoms with E-state index >= 15 is 0 Å². The number of carboxylic acid groups (broad SMARTS) is 1. The quantitative estimate of drug-likeness (QED) is 0.930. The van der Waals surface area contributed by atoms with Crippen molar-refractivity contribution in [2.45, 2.75) is 24.3 Å². The molecule has 1 N–H and O–H groups in total. The SMILES string of the molecule is CC1C(C(=O)O)CCN1S(=O)(=O)c1cccc2c1N=S=N2. The summed E-state index contributed by atoms with van der Waals surface area (Å²) >= 11 is 0.955. The highest BCUT2D eigenvalue weighted by Gasteiger charge is 2.43. The first kappa shape index (κ1) is 14.4. The second-order valence-electron chi connectivity index (χ2n) is 4.98. The lowest BCUT2D eigenvalue weighted by Gasteiger charge is -2.23. The topological polar surface area (TPSA) is 99.4 Å². The van der Waals surface area contributed by atoms with Crippen LogP contribution in [0.2, 0.25) is 0 Å². The van der Waals surface area contributed by atoms with E-state index in [2.05, 4.69) is 8.73 Å². The minimum Gasteiger partial charge on any atom is -0.481 e. The number of benzene rings is 1. The third-order valence-corrected chi connectivity index (χ3v) is 6.41. The number of sulfonamides is 1. The van der Waals surface area contributed by atoms with Gasteiger partial charge in [0.2, 0.25) is 10.0 Å². The first-order valence-electron chi connectivity index (χ1n) is 6.39. The molecule has 0 spiro atoms. The Labute approximate surface area is 125 Å². The number of nitrogens with zero attached hydrogens (tertiary/aromatic N) is 3. The minimum atomic E-state index is -3.78. The largest absolute Gasteiger partial charge is 0.481 e. The zero-order valence-electron chi connectivity index (χ0n) is 11.1. The average Bonchev–Trinajstić information content (AvgIpc) is 3.03. The van der Waals surface area contributed by atoms with Crippen LogP contribution >= 0.6 is 0 Å². The summed E-state index contributed by atoms with van der Waals surface area (Å²) in [6.07, 6.45) is 0.320. The number of rotatable bonds is 3. The van der Waals surface area contributed by atoms with E-state index in [1.54, 1.807) is 19.1 Å². The van der Waals surface area contributed by atoms with E-state index in [0.29, 0.717) is 17.8 Å². The highest BCUT2D eigenvalue weighted by molar-refractivity contribution is 7.89. The molecule has 2 unspecified atom stereocenters. The zero-order chi connectivity index (χ0) is 15.2. The van der Waals surface area contributed by atoms with E-state index in [1.807, 2.05) is 0 Å². The number of hydrogen-bond donors (Lipinski definition) is 1. The molecule has 7 nitrogen and oxygen atoms in total. The Hall–Kier alpha value is -1.58. The van der Waals surface area contributed by atoms with Crippen molar-refractivity contribution < 1.29 is 18.3 Å². The fraction of sp³-hybridized carbons (Fsp3) is 0.417. The van der Waals surface area contributed by atoms with E-state index in [0.717, 1.165) is 11.4 Å². The molecule has 0 radical (unpaired) electrons. The Morgan fingerprint density at radius 1 is 1.43 bits per heavy atom. The van der Waals surface area contributed by atoms with Gasteiger partial charge in [-0.05, 0) is 25.5 Å². The molecule has 0 aromatic heterocycles. The van der Waals surface area contributed by atoms with Gasteiger partial charge in [-0.1, -0.05) is 6.07 Å². The summed E-state index contributed by atoms with van der Waals surface area (Å²) in [5.41, 5.74) is 0.871. The number of fused-ring (bicyclic) bond motifs is 1. The lowest BCUT2D eigenvalue weighted by molar-refractivity contribution is -0.142. The summed E-state index contributed by atoms with van der Waals surface area (Å²) in [5, 5.41) is 9.13. The van der Waals surface area contributed by atoms with Gasteiger partial charge in [0.05, 0.1) is 17.3 Å². The third-order valence-electron chi connectivity index (χ3n) is 3.85. The Bertz CT molecular complexity index is 784. The maximum Gasteiger partial charge on any atom is 0.308 e. The Morgan fingerprint density at radius 2 is 2.19 bits per heavy atom. The summed E-state index contributed by atoms with van der Waals surface area (Å²) in [7, 11) is -3.78. The summed E-state index contributed by atoms with van der Waals surface area (Å²) in [6.45, 7) is 1.83. The molecule has 21 heavy (non-hydrogen) atoms. The Kier molecular flexibility index (Phi) is 3.42. The van der Waals surface area contributed by atoms with E-state index in [-0.39, 0.29) is 11.4 Å². The molecule has 1 saturated heterocycles. The van der Waals surface area contributed by atoms with Crippen LogP contribution in [0.5, 0.6) is 0 Å². The van der Waals surface area contributed by atoms with Crippen LogP contribution in [0.15, 0.2) is 31.8 Å². The summed E-state index contributed by atoms with van der Waals surface area (Å²) < 4.78 is 34.9. The summed E-state index contributed by atoms with van der Waals surface area (Å²) in [5.74, 6) is -1.64. The number of carbonyl (C=O) groups is 1. The standard InChI is InChI=1S/C12H13N3O4S2/c1-7-8(12(16)17)5-6-15(7)21(18,19)10-4-2-3-9-11(10)14-20-13-9/h2-4,7-8H,5-6H2,1H3,(H,16,17). The van der Waals surface area contributed by atoms with Gasteiger partial charge >= 0.3 is 5.97 Å². The Morgan fingerprint density at radius 3 is 2.86 bits per heavy atom. The van der Waals surface area contributed by atoms with Crippen molar-refractivity contribution in [2.75, 3.05) is 6.54 Å². The fourth-order valence-electron chi connectivity index (χ4n) is 2.70. The van der Waals surface area contributed by atoms with Crippen molar-refractivity contribution in [3.8, 4) is 0 Å². The average molecular weight is 327 g/mol. The molecule has 0 saturated carbocycles. The van der Waals surface area contributed by atoms with Crippen LogP contribution in [0.3, 0.4) is 0 Å². The monoisotopic (exact) mass is 327 g/mol. The number of hydrogen-bond acceptors (Lipinski definition) is 5. The molecule has 2 aliphatic heterocycles. The van der Waals surface area contributed by atoms with Crippen molar-refractivity contribution in [2.24, 2.45) is 14.6 Å². The van der Waals surface area contributed by atoms with E-state index in [9.17, 15) is 13.2 Å². The molecule has 1 aromatic carbocycles. The molecular weight excluding hydrogens is 314 g/mol. The molecule has 2 atom stereocenters. The molecule has 112 valence electrons. The van der Waals surface area contributed by atoms with Crippen LogP contribution in [0.1, 0.15) is 13.3 Å². The second kappa shape index (κ2) is 5.00. The van der Waals surface area contributed by atoms with Crippen molar-refractivity contribution in [1.82, 2.24) is 4.31 Å². The van der Waals surface area contributed by atoms with Crippen LogP contribution in [0.25, 0.3) is 0 Å². The molecule has 2 heterocycles. The van der Waals surface area contributed by atoms with Crippen molar-refractivity contribution in [1.29, 1.82) is 0 Å². The van der Waals surface area contributed by atoms with E-state index in [4.69, 9.17) is 5.11 Å². The van der Waals surface area contributed by atoms with Crippen LogP contribution in [0.4, 0.5) is 11.4 Å². The third kappa shape index (κ3) is 2.21. The van der Waals surface area contributed by atoms with Crippen LogP contribution in [-0.2, 0) is 26.2 Å². The van der Waals surface area contributed by atoms with Gasteiger partial charge in [0.15, 0.2) is 0 Å². The minimum absolute atomic E-state index is 0.0895. The summed E-state index contributed by atoms with van der Waals surface area (Å²) in [4.78, 5) is 11.2. The predicted octanol–water partition coefficient (Wildman–Crippen LogP) is 1.90.